The van der Waals surface area contributed by atoms with Gasteiger partial charge in [-0.15, -0.1) is 0 Å². The van der Waals surface area contributed by atoms with Crippen LogP contribution in [0.3, 0.4) is 0 Å². The highest BCUT2D eigenvalue weighted by Crippen LogP contribution is 2.21. The molecule has 2 aromatic carbocycles. The molecular formula is C24H33NO. The molecule has 0 aromatic heterocycles. The van der Waals surface area contributed by atoms with Gasteiger partial charge in [0.15, 0.2) is 0 Å². The molecular weight excluding hydrogens is 318 g/mol. The van der Waals surface area contributed by atoms with E-state index in [2.05, 4.69) is 74.2 Å². The van der Waals surface area contributed by atoms with Crippen LogP contribution in [0, 0.1) is 5.92 Å². The summed E-state index contributed by atoms with van der Waals surface area (Å²) >= 11 is 0. The second-order valence-corrected chi connectivity index (χ2v) is 7.59. The smallest absolute Gasteiger partial charge is 0.149 e. The minimum absolute atomic E-state index is 0.0121. The molecule has 2 heteroatoms. The minimum Gasteiger partial charge on any atom is -0.298 e. The summed E-state index contributed by atoms with van der Waals surface area (Å²) in [5.74, 6) is 0.895. The van der Waals surface area contributed by atoms with Crippen LogP contribution in [0.15, 0.2) is 60.7 Å². The van der Waals surface area contributed by atoms with Gasteiger partial charge < -0.3 is 0 Å². The normalized spacial score (nSPS) is 12.5. The molecule has 0 aliphatic rings. The van der Waals surface area contributed by atoms with E-state index in [0.29, 0.717) is 18.1 Å². The van der Waals surface area contributed by atoms with Gasteiger partial charge in [-0.3, -0.25) is 9.69 Å². The summed E-state index contributed by atoms with van der Waals surface area (Å²) in [5.41, 5.74) is 2.53. The van der Waals surface area contributed by atoms with Crippen molar-refractivity contribution in [3.8, 4) is 0 Å². The van der Waals surface area contributed by atoms with E-state index in [1.807, 2.05) is 12.1 Å². The number of rotatable bonds is 11. The first-order valence-electron chi connectivity index (χ1n) is 9.94. The van der Waals surface area contributed by atoms with Crippen molar-refractivity contribution in [2.45, 2.75) is 65.6 Å². The Hall–Kier alpha value is -1.93. The molecule has 2 aromatic rings. The van der Waals surface area contributed by atoms with Crippen molar-refractivity contribution in [1.29, 1.82) is 0 Å². The molecule has 0 fully saturated rings. The summed E-state index contributed by atoms with van der Waals surface area (Å²) in [5, 5.41) is 0. The Labute approximate surface area is 159 Å². The molecule has 0 saturated heterocycles. The van der Waals surface area contributed by atoms with Crippen LogP contribution in [0.4, 0.5) is 0 Å². The molecule has 0 spiro atoms. The van der Waals surface area contributed by atoms with Crippen molar-refractivity contribution < 1.29 is 4.79 Å². The first-order chi connectivity index (χ1) is 12.6. The van der Waals surface area contributed by atoms with Crippen molar-refractivity contribution >= 4 is 5.78 Å². The number of hydrogen-bond donors (Lipinski definition) is 0. The quantitative estimate of drug-likeness (QED) is 0.505. The molecule has 140 valence electrons. The van der Waals surface area contributed by atoms with Gasteiger partial charge in [-0.1, -0.05) is 87.9 Å². The lowest BCUT2D eigenvalue weighted by Gasteiger charge is -2.32. The zero-order valence-electron chi connectivity index (χ0n) is 16.5. The average Bonchev–Trinajstić information content (AvgIpc) is 2.65. The monoisotopic (exact) mass is 351 g/mol. The van der Waals surface area contributed by atoms with E-state index in [1.165, 1.54) is 11.1 Å². The maximum atomic E-state index is 13.0. The minimum atomic E-state index is -0.0121. The Morgan fingerprint density at radius 3 is 1.81 bits per heavy atom. The van der Waals surface area contributed by atoms with Crippen molar-refractivity contribution in [3.63, 3.8) is 0 Å². The van der Waals surface area contributed by atoms with Crippen LogP contribution in [0.1, 0.15) is 57.6 Å². The number of ketones is 1. The van der Waals surface area contributed by atoms with E-state index >= 15 is 0 Å². The first kappa shape index (κ1) is 20.4. The maximum Gasteiger partial charge on any atom is 0.149 e. The topological polar surface area (TPSA) is 20.3 Å². The number of hydrogen-bond acceptors (Lipinski definition) is 2. The summed E-state index contributed by atoms with van der Waals surface area (Å²) in [6.45, 7) is 8.19. The molecule has 0 bridgehead atoms. The SMILES string of the molecule is CCCCC(=O)[C@H](CC(C)C)N(Cc1ccccc1)Cc1ccccc1. The highest BCUT2D eigenvalue weighted by Gasteiger charge is 2.26. The van der Waals surface area contributed by atoms with E-state index in [9.17, 15) is 4.79 Å². The highest BCUT2D eigenvalue weighted by molar-refractivity contribution is 5.84. The molecule has 0 N–H and O–H groups in total. The van der Waals surface area contributed by atoms with Gasteiger partial charge in [0, 0.05) is 19.5 Å². The third-order valence-electron chi connectivity index (χ3n) is 4.74. The molecule has 0 aliphatic heterocycles. The predicted molar refractivity (Wildman–Crippen MR) is 110 cm³/mol. The first-order valence-corrected chi connectivity index (χ1v) is 9.94. The molecule has 0 radical (unpaired) electrons. The summed E-state index contributed by atoms with van der Waals surface area (Å²) < 4.78 is 0. The summed E-state index contributed by atoms with van der Waals surface area (Å²) in [6.07, 6.45) is 3.66. The number of benzene rings is 2. The van der Waals surface area contributed by atoms with E-state index in [1.54, 1.807) is 0 Å². The zero-order chi connectivity index (χ0) is 18.8. The van der Waals surface area contributed by atoms with Crippen LogP contribution >= 0.6 is 0 Å². The van der Waals surface area contributed by atoms with Crippen LogP contribution in [-0.4, -0.2) is 16.7 Å². The number of unbranched alkanes of at least 4 members (excludes halogenated alkanes) is 1. The fraction of sp³-hybridized carbons (Fsp3) is 0.458. The third kappa shape index (κ3) is 6.76. The van der Waals surface area contributed by atoms with Gasteiger partial charge in [-0.25, -0.2) is 0 Å². The highest BCUT2D eigenvalue weighted by atomic mass is 16.1. The molecule has 1 atom stereocenters. The van der Waals surface area contributed by atoms with E-state index < -0.39 is 0 Å². The average molecular weight is 352 g/mol. The van der Waals surface area contributed by atoms with Gasteiger partial charge in [0.25, 0.3) is 0 Å². The van der Waals surface area contributed by atoms with Gasteiger partial charge in [0.1, 0.15) is 5.78 Å². The number of nitrogens with zero attached hydrogens (tertiary/aromatic N) is 1. The van der Waals surface area contributed by atoms with Gasteiger partial charge in [0.2, 0.25) is 0 Å². The Balaban J connectivity index is 2.25. The second-order valence-electron chi connectivity index (χ2n) is 7.59. The molecule has 0 heterocycles. The fourth-order valence-electron chi connectivity index (χ4n) is 3.36. The van der Waals surface area contributed by atoms with Gasteiger partial charge in [-0.05, 0) is 29.9 Å². The molecule has 2 rings (SSSR count). The Morgan fingerprint density at radius 2 is 1.38 bits per heavy atom. The number of Topliss-reactive ketones (excluding diaryl/α,β-unsaturated/α-hetero) is 1. The lowest BCUT2D eigenvalue weighted by molar-refractivity contribution is -0.125. The van der Waals surface area contributed by atoms with Crippen molar-refractivity contribution in [2.24, 2.45) is 5.92 Å². The molecule has 0 amide bonds. The number of carbonyl (C=O) groups excluding carboxylic acids is 1. The van der Waals surface area contributed by atoms with Crippen molar-refractivity contribution in [3.05, 3.63) is 71.8 Å². The Morgan fingerprint density at radius 1 is 0.885 bits per heavy atom. The van der Waals surface area contributed by atoms with Crippen molar-refractivity contribution in [2.75, 3.05) is 0 Å². The van der Waals surface area contributed by atoms with Gasteiger partial charge in [-0.2, -0.15) is 0 Å². The van der Waals surface area contributed by atoms with E-state index in [0.717, 1.165) is 32.4 Å². The summed E-state index contributed by atoms with van der Waals surface area (Å²) in [4.78, 5) is 15.4. The number of carbonyl (C=O) groups is 1. The second kappa shape index (κ2) is 10.9. The van der Waals surface area contributed by atoms with E-state index in [4.69, 9.17) is 0 Å². The van der Waals surface area contributed by atoms with Crippen LogP contribution < -0.4 is 0 Å². The maximum absolute atomic E-state index is 13.0. The lowest BCUT2D eigenvalue weighted by atomic mass is 9.95. The van der Waals surface area contributed by atoms with Crippen molar-refractivity contribution in [1.82, 2.24) is 4.90 Å². The molecule has 0 saturated carbocycles. The summed E-state index contributed by atoms with van der Waals surface area (Å²) in [7, 11) is 0. The van der Waals surface area contributed by atoms with Crippen LogP contribution in [-0.2, 0) is 17.9 Å². The Bertz CT molecular complexity index is 594. The largest absolute Gasteiger partial charge is 0.298 e. The lowest BCUT2D eigenvalue weighted by Crippen LogP contribution is -2.41. The molecule has 0 unspecified atom stereocenters. The van der Waals surface area contributed by atoms with E-state index in [-0.39, 0.29) is 6.04 Å². The third-order valence-corrected chi connectivity index (χ3v) is 4.74. The standard InChI is InChI=1S/C24H33NO/c1-4-5-16-24(26)23(17-20(2)3)25(18-21-12-8-6-9-13-21)19-22-14-10-7-11-15-22/h6-15,20,23H,4-5,16-19H2,1-3H3/t23-/m0/s1. The van der Waals surface area contributed by atoms with Gasteiger partial charge >= 0.3 is 0 Å². The van der Waals surface area contributed by atoms with Gasteiger partial charge in [0.05, 0.1) is 6.04 Å². The summed E-state index contributed by atoms with van der Waals surface area (Å²) in [6, 6.07) is 21.0. The van der Waals surface area contributed by atoms with Crippen LogP contribution in [0.5, 0.6) is 0 Å². The Kier molecular flexibility index (Phi) is 8.57. The zero-order valence-corrected chi connectivity index (χ0v) is 16.5. The molecule has 0 aliphatic carbocycles. The predicted octanol–water partition coefficient (Wildman–Crippen LogP) is 5.86. The van der Waals surface area contributed by atoms with Crippen LogP contribution in [0.25, 0.3) is 0 Å². The van der Waals surface area contributed by atoms with Crippen LogP contribution in [0.2, 0.25) is 0 Å². The molecule has 2 nitrogen and oxygen atoms in total. The molecule has 26 heavy (non-hydrogen) atoms. The fourth-order valence-corrected chi connectivity index (χ4v) is 3.36.